The lowest BCUT2D eigenvalue weighted by Crippen LogP contribution is -2.55. The number of Topliss-reactive ketones (excluding diaryl/α,β-unsaturated/α-hetero) is 1. The summed E-state index contributed by atoms with van der Waals surface area (Å²) in [5, 5.41) is 12.8. The smallest absolute Gasteiger partial charge is 0.407 e. The van der Waals surface area contributed by atoms with Crippen LogP contribution in [0.1, 0.15) is 64.0 Å². The molecule has 1 heterocycles. The molecule has 1 saturated carbocycles. The van der Waals surface area contributed by atoms with E-state index in [4.69, 9.17) is 4.74 Å². The molecule has 0 bridgehead atoms. The third-order valence-electron chi connectivity index (χ3n) is 6.60. The second-order valence-corrected chi connectivity index (χ2v) is 9.21. The number of ketones is 1. The number of carbonyl (C=O) groups excluding carboxylic acids is 2. The lowest BCUT2D eigenvalue weighted by atomic mass is 9.68. The van der Waals surface area contributed by atoms with Crippen LogP contribution in [-0.4, -0.2) is 57.0 Å². The molecule has 2 atom stereocenters. The Kier molecular flexibility index (Phi) is 9.17. The molecule has 9 nitrogen and oxygen atoms in total. The van der Waals surface area contributed by atoms with Crippen molar-refractivity contribution >= 4 is 17.8 Å². The van der Waals surface area contributed by atoms with Gasteiger partial charge in [-0.05, 0) is 37.8 Å². The minimum Gasteiger partial charge on any atom is -0.465 e. The largest absolute Gasteiger partial charge is 0.465 e. The monoisotopic (exact) mass is 482 g/mol. The normalized spacial score (nSPS) is 15.8. The molecule has 2 aromatic rings. The maximum Gasteiger partial charge on any atom is 0.407 e. The van der Waals surface area contributed by atoms with Crippen molar-refractivity contribution in [3.05, 3.63) is 54.4 Å². The highest BCUT2D eigenvalue weighted by Crippen LogP contribution is 2.42. The van der Waals surface area contributed by atoms with Crippen LogP contribution >= 0.6 is 0 Å². The number of hydrogen-bond donors (Lipinski definition) is 2. The average molecular weight is 483 g/mol. The number of carboxylic acid groups (broad SMARTS) is 1. The molecular weight excluding hydrogens is 448 g/mol. The van der Waals surface area contributed by atoms with Crippen LogP contribution in [0.3, 0.4) is 0 Å². The van der Waals surface area contributed by atoms with Gasteiger partial charge >= 0.3 is 12.1 Å². The molecule has 1 aromatic carbocycles. The number of aromatic nitrogens is 2. The summed E-state index contributed by atoms with van der Waals surface area (Å²) in [5.41, 5.74) is 0.415. The minimum atomic E-state index is -1.22. The van der Waals surface area contributed by atoms with Gasteiger partial charge in [0.1, 0.15) is 6.04 Å². The molecule has 9 heteroatoms. The van der Waals surface area contributed by atoms with E-state index in [0.717, 1.165) is 36.1 Å². The first-order valence-electron chi connectivity index (χ1n) is 12.1. The predicted octanol–water partition coefficient (Wildman–Crippen LogP) is 4.01. The maximum absolute atomic E-state index is 13.3. The van der Waals surface area contributed by atoms with Crippen LogP contribution in [0.4, 0.5) is 4.79 Å². The van der Waals surface area contributed by atoms with Crippen molar-refractivity contribution in [3.63, 3.8) is 0 Å². The first-order valence-corrected chi connectivity index (χ1v) is 12.1. The van der Waals surface area contributed by atoms with Crippen molar-refractivity contribution in [3.8, 4) is 6.01 Å². The molecule has 1 fully saturated rings. The Morgan fingerprint density at radius 3 is 2.40 bits per heavy atom. The van der Waals surface area contributed by atoms with Crippen molar-refractivity contribution in [1.82, 2.24) is 20.2 Å². The second kappa shape index (κ2) is 12.3. The van der Waals surface area contributed by atoms with Gasteiger partial charge in [-0.2, -0.15) is 0 Å². The Balaban J connectivity index is 1.73. The van der Waals surface area contributed by atoms with Gasteiger partial charge in [0.05, 0.1) is 12.6 Å². The zero-order chi connectivity index (χ0) is 25.3. The Labute approximate surface area is 205 Å². The van der Waals surface area contributed by atoms with Crippen LogP contribution in [-0.2, 0) is 9.59 Å². The summed E-state index contributed by atoms with van der Waals surface area (Å²) in [6.45, 7) is 4.11. The van der Waals surface area contributed by atoms with Crippen LogP contribution in [0.2, 0.25) is 0 Å². The summed E-state index contributed by atoms with van der Waals surface area (Å²) in [7, 11) is 0. The van der Waals surface area contributed by atoms with Gasteiger partial charge in [0, 0.05) is 24.4 Å². The number of nitrogens with one attached hydrogen (secondary N) is 1. The fraction of sp³-hybridized carbons (Fsp3) is 0.500. The van der Waals surface area contributed by atoms with Crippen LogP contribution in [0.15, 0.2) is 48.8 Å². The molecule has 0 aliphatic heterocycles. The van der Waals surface area contributed by atoms with Gasteiger partial charge in [0.2, 0.25) is 5.78 Å². The number of benzene rings is 1. The van der Waals surface area contributed by atoms with E-state index in [0.29, 0.717) is 6.42 Å². The van der Waals surface area contributed by atoms with Gasteiger partial charge in [0.25, 0.3) is 5.91 Å². The third-order valence-corrected chi connectivity index (χ3v) is 6.60. The van der Waals surface area contributed by atoms with Crippen LogP contribution < -0.4 is 10.1 Å². The number of unbranched alkanes of at least 4 members (excludes halogenated alkanes) is 1. The molecule has 1 aliphatic rings. The van der Waals surface area contributed by atoms with Crippen molar-refractivity contribution in [1.29, 1.82) is 0 Å². The molecule has 0 saturated heterocycles. The Morgan fingerprint density at radius 2 is 1.83 bits per heavy atom. The van der Waals surface area contributed by atoms with E-state index in [2.05, 4.69) is 15.3 Å². The van der Waals surface area contributed by atoms with E-state index in [1.807, 2.05) is 37.3 Å². The Morgan fingerprint density at radius 1 is 1.14 bits per heavy atom. The predicted molar refractivity (Wildman–Crippen MR) is 130 cm³/mol. The first-order chi connectivity index (χ1) is 16.8. The van der Waals surface area contributed by atoms with Crippen molar-refractivity contribution in [2.24, 2.45) is 5.41 Å². The number of ether oxygens (including phenoxy) is 1. The van der Waals surface area contributed by atoms with E-state index in [1.165, 1.54) is 0 Å². The summed E-state index contributed by atoms with van der Waals surface area (Å²) >= 11 is 0. The molecule has 0 spiro atoms. The van der Waals surface area contributed by atoms with Gasteiger partial charge in [-0.15, -0.1) is 0 Å². The fourth-order valence-electron chi connectivity index (χ4n) is 4.35. The van der Waals surface area contributed by atoms with Crippen molar-refractivity contribution in [2.75, 3.05) is 13.2 Å². The topological polar surface area (TPSA) is 122 Å². The van der Waals surface area contributed by atoms with E-state index in [1.54, 1.807) is 25.4 Å². The molecule has 2 amide bonds. The molecule has 35 heavy (non-hydrogen) atoms. The zero-order valence-electron chi connectivity index (χ0n) is 20.4. The minimum absolute atomic E-state index is 0.108. The van der Waals surface area contributed by atoms with E-state index >= 15 is 0 Å². The number of nitrogens with zero attached hydrogens (tertiary/aromatic N) is 3. The zero-order valence-corrected chi connectivity index (χ0v) is 20.4. The van der Waals surface area contributed by atoms with Crippen molar-refractivity contribution in [2.45, 2.75) is 64.5 Å². The molecule has 1 aromatic heterocycles. The maximum atomic E-state index is 13.3. The average Bonchev–Trinajstić information content (AvgIpc) is 2.85. The van der Waals surface area contributed by atoms with Gasteiger partial charge in [0.15, 0.2) is 0 Å². The van der Waals surface area contributed by atoms with Gasteiger partial charge in [-0.25, -0.2) is 14.8 Å². The Hall–Kier alpha value is -3.49. The molecule has 1 aliphatic carbocycles. The molecular formula is C26H34N4O5. The first kappa shape index (κ1) is 26.1. The number of carbonyl (C=O) groups is 3. The van der Waals surface area contributed by atoms with Crippen LogP contribution in [0.25, 0.3) is 0 Å². The SMILES string of the molecule is CCCC[C@@H](C(=O)C(=O)N[C@H](C)c1ccccc1)N(CC1(COc2ncccn2)CCC1)C(=O)O. The highest BCUT2D eigenvalue weighted by Gasteiger charge is 2.44. The summed E-state index contributed by atoms with van der Waals surface area (Å²) < 4.78 is 5.76. The van der Waals surface area contributed by atoms with E-state index in [9.17, 15) is 19.5 Å². The van der Waals surface area contributed by atoms with E-state index in [-0.39, 0.29) is 31.6 Å². The second-order valence-electron chi connectivity index (χ2n) is 9.21. The van der Waals surface area contributed by atoms with Crippen molar-refractivity contribution < 1.29 is 24.2 Å². The van der Waals surface area contributed by atoms with Gasteiger partial charge in [-0.3, -0.25) is 14.5 Å². The number of amides is 2. The summed E-state index contributed by atoms with van der Waals surface area (Å²) in [6.07, 6.45) is 6.09. The van der Waals surface area contributed by atoms with Crippen LogP contribution in [0, 0.1) is 5.41 Å². The summed E-state index contributed by atoms with van der Waals surface area (Å²) in [4.78, 5) is 47.8. The lowest BCUT2D eigenvalue weighted by molar-refractivity contribution is -0.141. The number of rotatable bonds is 13. The summed E-state index contributed by atoms with van der Waals surface area (Å²) in [6, 6.07) is 9.80. The molecule has 188 valence electrons. The Bertz CT molecular complexity index is 982. The van der Waals surface area contributed by atoms with Crippen LogP contribution in [0.5, 0.6) is 6.01 Å². The lowest BCUT2D eigenvalue weighted by Gasteiger charge is -2.45. The molecule has 2 N–H and O–H groups in total. The van der Waals surface area contributed by atoms with Gasteiger partial charge < -0.3 is 15.2 Å². The standard InChI is InChI=1S/C26H34N4O5/c1-3-4-12-21(22(31)23(32)29-19(2)20-10-6-5-7-11-20)30(25(33)34)17-26(13-8-14-26)18-35-24-27-15-9-16-28-24/h5-7,9-11,15-16,19,21H,3-4,8,12-14,17-18H2,1-2H3,(H,29,32)(H,33,34)/t19-,21+/m1/s1. The third kappa shape index (κ3) is 7.00. The number of hydrogen-bond acceptors (Lipinski definition) is 6. The molecule has 0 unspecified atom stereocenters. The summed E-state index contributed by atoms with van der Waals surface area (Å²) in [5.74, 6) is -1.50. The quantitative estimate of drug-likeness (QED) is 0.414. The van der Waals surface area contributed by atoms with Gasteiger partial charge in [-0.1, -0.05) is 56.5 Å². The molecule has 0 radical (unpaired) electrons. The molecule has 3 rings (SSSR count). The fourth-order valence-corrected chi connectivity index (χ4v) is 4.35. The highest BCUT2D eigenvalue weighted by atomic mass is 16.5. The van der Waals surface area contributed by atoms with E-state index < -0.39 is 29.2 Å². The highest BCUT2D eigenvalue weighted by molar-refractivity contribution is 6.38.